The Morgan fingerprint density at radius 2 is 1.60 bits per heavy atom. The number of aryl methyl sites for hydroxylation is 1. The topological polar surface area (TPSA) is 34.1 Å². The molecule has 0 aromatic heterocycles. The molecule has 0 aliphatic heterocycles. The van der Waals surface area contributed by atoms with E-state index in [0.717, 1.165) is 43.0 Å². The molecule has 102 valence electrons. The summed E-state index contributed by atoms with van der Waals surface area (Å²) in [4.78, 5) is 22.4. The van der Waals surface area contributed by atoms with E-state index in [9.17, 15) is 9.59 Å². The van der Waals surface area contributed by atoms with E-state index in [1.165, 1.54) is 5.56 Å². The van der Waals surface area contributed by atoms with Gasteiger partial charge in [-0.05, 0) is 29.5 Å². The Morgan fingerprint density at radius 1 is 0.900 bits per heavy atom. The van der Waals surface area contributed by atoms with Gasteiger partial charge in [0, 0.05) is 11.1 Å². The lowest BCUT2D eigenvalue weighted by Gasteiger charge is -2.10. The molecular formula is C18H18O2. The maximum Gasteiger partial charge on any atom is 0.150 e. The van der Waals surface area contributed by atoms with Crippen molar-refractivity contribution in [3.8, 4) is 11.1 Å². The summed E-state index contributed by atoms with van der Waals surface area (Å²) in [5, 5.41) is 0. The van der Waals surface area contributed by atoms with Crippen LogP contribution >= 0.6 is 0 Å². The first-order chi connectivity index (χ1) is 9.80. The average Bonchev–Trinajstić information content (AvgIpc) is 2.52. The van der Waals surface area contributed by atoms with E-state index in [1.54, 1.807) is 6.07 Å². The molecule has 2 nitrogen and oxygen atoms in total. The summed E-state index contributed by atoms with van der Waals surface area (Å²) >= 11 is 0. The van der Waals surface area contributed by atoms with Crippen molar-refractivity contribution >= 4 is 12.6 Å². The van der Waals surface area contributed by atoms with Crippen LogP contribution in [0.25, 0.3) is 11.1 Å². The van der Waals surface area contributed by atoms with Gasteiger partial charge in [0.1, 0.15) is 0 Å². The minimum atomic E-state index is 0.614. The molecule has 2 rings (SSSR count). The molecule has 0 amide bonds. The van der Waals surface area contributed by atoms with Gasteiger partial charge in [-0.25, -0.2) is 0 Å². The minimum absolute atomic E-state index is 0.614. The first-order valence-corrected chi connectivity index (χ1v) is 6.92. The van der Waals surface area contributed by atoms with E-state index in [4.69, 9.17) is 0 Å². The van der Waals surface area contributed by atoms with Crippen LogP contribution in [-0.2, 0) is 6.42 Å². The zero-order valence-corrected chi connectivity index (χ0v) is 11.6. The zero-order valence-electron chi connectivity index (χ0n) is 11.6. The molecular weight excluding hydrogens is 248 g/mol. The zero-order chi connectivity index (χ0) is 14.4. The number of benzene rings is 2. The van der Waals surface area contributed by atoms with Gasteiger partial charge >= 0.3 is 0 Å². The number of carbonyl (C=O) groups is 2. The highest BCUT2D eigenvalue weighted by molar-refractivity contribution is 5.94. The van der Waals surface area contributed by atoms with Crippen LogP contribution < -0.4 is 0 Å². The quantitative estimate of drug-likeness (QED) is 0.730. The van der Waals surface area contributed by atoms with Crippen LogP contribution in [0.1, 0.15) is 46.0 Å². The van der Waals surface area contributed by atoms with Gasteiger partial charge in [0.15, 0.2) is 12.6 Å². The van der Waals surface area contributed by atoms with Crippen molar-refractivity contribution in [3.63, 3.8) is 0 Å². The van der Waals surface area contributed by atoms with E-state index >= 15 is 0 Å². The molecule has 0 aliphatic carbocycles. The lowest BCUT2D eigenvalue weighted by Crippen LogP contribution is -1.95. The van der Waals surface area contributed by atoms with Crippen molar-refractivity contribution in [2.75, 3.05) is 0 Å². The Kier molecular flexibility index (Phi) is 4.83. The van der Waals surface area contributed by atoms with Gasteiger partial charge in [-0.2, -0.15) is 0 Å². The SMILES string of the molecule is CCCCc1ccc(C=O)c(-c2ccccc2C=O)c1. The lowest BCUT2D eigenvalue weighted by atomic mass is 9.93. The van der Waals surface area contributed by atoms with E-state index < -0.39 is 0 Å². The van der Waals surface area contributed by atoms with Crippen LogP contribution in [0, 0.1) is 0 Å². The van der Waals surface area contributed by atoms with E-state index in [-0.39, 0.29) is 0 Å². The first-order valence-electron chi connectivity index (χ1n) is 6.92. The van der Waals surface area contributed by atoms with Crippen molar-refractivity contribution in [2.24, 2.45) is 0 Å². The number of unbranched alkanes of at least 4 members (excludes halogenated alkanes) is 1. The van der Waals surface area contributed by atoms with Crippen LogP contribution in [0.4, 0.5) is 0 Å². The third-order valence-electron chi connectivity index (χ3n) is 3.44. The molecule has 0 unspecified atom stereocenters. The van der Waals surface area contributed by atoms with Crippen LogP contribution in [0.5, 0.6) is 0 Å². The molecule has 2 aromatic rings. The second-order valence-electron chi connectivity index (χ2n) is 4.85. The molecule has 0 saturated heterocycles. The lowest BCUT2D eigenvalue weighted by molar-refractivity contribution is 0.111. The van der Waals surface area contributed by atoms with Crippen molar-refractivity contribution < 1.29 is 9.59 Å². The molecule has 2 heteroatoms. The molecule has 0 heterocycles. The first kappa shape index (κ1) is 14.2. The normalized spacial score (nSPS) is 10.2. The maximum atomic E-state index is 11.2. The molecule has 0 saturated carbocycles. The maximum absolute atomic E-state index is 11.2. The number of hydrogen-bond acceptors (Lipinski definition) is 2. The Labute approximate surface area is 119 Å². The van der Waals surface area contributed by atoms with Gasteiger partial charge in [-0.1, -0.05) is 55.8 Å². The highest BCUT2D eigenvalue weighted by Gasteiger charge is 2.09. The Hall–Kier alpha value is -2.22. The molecule has 20 heavy (non-hydrogen) atoms. The Balaban J connectivity index is 2.52. The van der Waals surface area contributed by atoms with Gasteiger partial charge < -0.3 is 0 Å². The van der Waals surface area contributed by atoms with E-state index in [2.05, 4.69) is 6.92 Å². The number of rotatable bonds is 6. The van der Waals surface area contributed by atoms with Crippen molar-refractivity contribution in [2.45, 2.75) is 26.2 Å². The summed E-state index contributed by atoms with van der Waals surface area (Å²) in [7, 11) is 0. The van der Waals surface area contributed by atoms with Gasteiger partial charge in [0.2, 0.25) is 0 Å². The third-order valence-corrected chi connectivity index (χ3v) is 3.44. The molecule has 0 fully saturated rings. The molecule has 0 atom stereocenters. The largest absolute Gasteiger partial charge is 0.298 e. The predicted octanol–water partition coefficient (Wildman–Crippen LogP) is 4.32. The molecule has 0 aliphatic rings. The molecule has 2 aromatic carbocycles. The van der Waals surface area contributed by atoms with E-state index in [0.29, 0.717) is 11.1 Å². The second-order valence-corrected chi connectivity index (χ2v) is 4.85. The van der Waals surface area contributed by atoms with Gasteiger partial charge in [0.05, 0.1) is 0 Å². The molecule has 0 N–H and O–H groups in total. The van der Waals surface area contributed by atoms with E-state index in [1.807, 2.05) is 36.4 Å². The summed E-state index contributed by atoms with van der Waals surface area (Å²) in [5.41, 5.74) is 4.11. The monoisotopic (exact) mass is 266 g/mol. The summed E-state index contributed by atoms with van der Waals surface area (Å²) in [5.74, 6) is 0. The minimum Gasteiger partial charge on any atom is -0.298 e. The van der Waals surface area contributed by atoms with Crippen LogP contribution in [0.2, 0.25) is 0 Å². The Bertz CT molecular complexity index is 615. The van der Waals surface area contributed by atoms with Gasteiger partial charge in [-0.3, -0.25) is 9.59 Å². The molecule has 0 radical (unpaired) electrons. The molecule has 0 bridgehead atoms. The smallest absolute Gasteiger partial charge is 0.150 e. The highest BCUT2D eigenvalue weighted by atomic mass is 16.1. The van der Waals surface area contributed by atoms with Crippen LogP contribution in [0.3, 0.4) is 0 Å². The van der Waals surface area contributed by atoms with Crippen molar-refractivity contribution in [1.82, 2.24) is 0 Å². The highest BCUT2D eigenvalue weighted by Crippen LogP contribution is 2.27. The fraction of sp³-hybridized carbons (Fsp3) is 0.222. The summed E-state index contributed by atoms with van der Waals surface area (Å²) in [6.45, 7) is 2.16. The number of carbonyl (C=O) groups excluding carboxylic acids is 2. The van der Waals surface area contributed by atoms with Gasteiger partial charge in [0.25, 0.3) is 0 Å². The van der Waals surface area contributed by atoms with Crippen molar-refractivity contribution in [1.29, 1.82) is 0 Å². The van der Waals surface area contributed by atoms with Crippen LogP contribution in [-0.4, -0.2) is 12.6 Å². The third kappa shape index (κ3) is 3.02. The fourth-order valence-electron chi connectivity index (χ4n) is 2.32. The standard InChI is InChI=1S/C18H18O2/c1-2-3-6-14-9-10-16(13-20)18(11-14)17-8-5-4-7-15(17)12-19/h4-5,7-13H,2-3,6H2,1H3. The fourth-order valence-corrected chi connectivity index (χ4v) is 2.32. The summed E-state index contributed by atoms with van der Waals surface area (Å²) < 4.78 is 0. The van der Waals surface area contributed by atoms with Crippen LogP contribution in [0.15, 0.2) is 42.5 Å². The molecule has 0 spiro atoms. The second kappa shape index (κ2) is 6.80. The average molecular weight is 266 g/mol. The number of hydrogen-bond donors (Lipinski definition) is 0. The number of aldehydes is 2. The van der Waals surface area contributed by atoms with Crippen molar-refractivity contribution in [3.05, 3.63) is 59.2 Å². The summed E-state index contributed by atoms with van der Waals surface area (Å²) in [6.07, 6.45) is 4.93. The summed E-state index contributed by atoms with van der Waals surface area (Å²) in [6, 6.07) is 13.2. The predicted molar refractivity (Wildman–Crippen MR) is 81.3 cm³/mol. The Morgan fingerprint density at radius 3 is 2.30 bits per heavy atom. The van der Waals surface area contributed by atoms with Gasteiger partial charge in [-0.15, -0.1) is 0 Å².